The minimum atomic E-state index is -3.41. The number of rotatable bonds is 4. The molecule has 0 aromatic heterocycles. The second-order valence-corrected chi connectivity index (χ2v) is 6.55. The Morgan fingerprint density at radius 3 is 2.42 bits per heavy atom. The molecule has 1 aliphatic heterocycles. The first kappa shape index (κ1) is 14.3. The molecule has 2 N–H and O–H groups in total. The number of nitrogen functional groups attached to an aromatic ring is 1. The van der Waals surface area contributed by atoms with E-state index in [4.69, 9.17) is 10.5 Å². The fourth-order valence-electron chi connectivity index (χ4n) is 1.94. The van der Waals surface area contributed by atoms with E-state index in [1.165, 1.54) is 8.61 Å². The third-order valence-electron chi connectivity index (χ3n) is 3.08. The third kappa shape index (κ3) is 3.44. The average molecular weight is 285 g/mol. The second kappa shape index (κ2) is 5.87. The van der Waals surface area contributed by atoms with Crippen LogP contribution >= 0.6 is 0 Å². The fourth-order valence-corrected chi connectivity index (χ4v) is 3.25. The Bertz CT molecular complexity index is 510. The van der Waals surface area contributed by atoms with Gasteiger partial charge in [-0.05, 0) is 17.7 Å². The summed E-state index contributed by atoms with van der Waals surface area (Å²) in [5.74, 6) is 0. The van der Waals surface area contributed by atoms with Gasteiger partial charge in [0.25, 0.3) is 10.2 Å². The molecule has 0 radical (unpaired) electrons. The molecule has 1 fully saturated rings. The zero-order chi connectivity index (χ0) is 13.9. The van der Waals surface area contributed by atoms with E-state index in [2.05, 4.69) is 0 Å². The molecule has 1 aromatic rings. The molecule has 106 valence electrons. The lowest BCUT2D eigenvalue weighted by Gasteiger charge is -2.30. The summed E-state index contributed by atoms with van der Waals surface area (Å²) >= 11 is 0. The van der Waals surface area contributed by atoms with Crippen molar-refractivity contribution < 1.29 is 13.2 Å². The molecule has 0 atom stereocenters. The number of morpholine rings is 1. The summed E-state index contributed by atoms with van der Waals surface area (Å²) in [5, 5.41) is 0. The summed E-state index contributed by atoms with van der Waals surface area (Å²) < 4.78 is 32.6. The van der Waals surface area contributed by atoms with Crippen molar-refractivity contribution in [2.45, 2.75) is 6.54 Å². The summed E-state index contributed by atoms with van der Waals surface area (Å²) in [5.41, 5.74) is 7.19. The van der Waals surface area contributed by atoms with E-state index >= 15 is 0 Å². The SMILES string of the molecule is CN(Cc1ccc(N)cc1)S(=O)(=O)N1CCOCC1. The Morgan fingerprint density at radius 2 is 1.84 bits per heavy atom. The van der Waals surface area contributed by atoms with Crippen LogP contribution in [-0.4, -0.2) is 50.4 Å². The molecule has 0 amide bonds. The van der Waals surface area contributed by atoms with Crippen molar-refractivity contribution in [2.75, 3.05) is 39.1 Å². The van der Waals surface area contributed by atoms with E-state index < -0.39 is 10.2 Å². The van der Waals surface area contributed by atoms with E-state index in [1.807, 2.05) is 12.1 Å². The monoisotopic (exact) mass is 285 g/mol. The highest BCUT2D eigenvalue weighted by Crippen LogP contribution is 2.14. The molecule has 1 saturated heterocycles. The van der Waals surface area contributed by atoms with Gasteiger partial charge in [-0.15, -0.1) is 0 Å². The zero-order valence-electron chi connectivity index (χ0n) is 10.9. The Morgan fingerprint density at radius 1 is 1.26 bits per heavy atom. The molecule has 0 aliphatic carbocycles. The summed E-state index contributed by atoms with van der Waals surface area (Å²) in [4.78, 5) is 0. The van der Waals surface area contributed by atoms with Crippen LogP contribution in [0.4, 0.5) is 5.69 Å². The van der Waals surface area contributed by atoms with E-state index in [-0.39, 0.29) is 0 Å². The van der Waals surface area contributed by atoms with Crippen molar-refractivity contribution in [1.29, 1.82) is 0 Å². The number of benzene rings is 1. The molecule has 19 heavy (non-hydrogen) atoms. The largest absolute Gasteiger partial charge is 0.399 e. The number of anilines is 1. The molecule has 2 rings (SSSR count). The standard InChI is InChI=1S/C12H19N3O3S/c1-14(10-11-2-4-12(13)5-3-11)19(16,17)15-6-8-18-9-7-15/h2-5H,6-10,13H2,1H3. The van der Waals surface area contributed by atoms with Crippen LogP contribution in [0.15, 0.2) is 24.3 Å². The van der Waals surface area contributed by atoms with Crippen LogP contribution in [0.2, 0.25) is 0 Å². The average Bonchev–Trinajstić information content (AvgIpc) is 2.42. The fraction of sp³-hybridized carbons (Fsp3) is 0.500. The number of ether oxygens (including phenoxy) is 1. The Labute approximate surface area is 113 Å². The maximum absolute atomic E-state index is 12.3. The Kier molecular flexibility index (Phi) is 4.41. The summed E-state index contributed by atoms with van der Waals surface area (Å²) in [6.07, 6.45) is 0. The quantitative estimate of drug-likeness (QED) is 0.806. The second-order valence-electron chi connectivity index (χ2n) is 4.52. The first-order valence-corrected chi connectivity index (χ1v) is 7.53. The van der Waals surface area contributed by atoms with Gasteiger partial charge in [-0.25, -0.2) is 0 Å². The maximum atomic E-state index is 12.3. The van der Waals surface area contributed by atoms with Crippen molar-refractivity contribution >= 4 is 15.9 Å². The van der Waals surface area contributed by atoms with Gasteiger partial charge in [-0.1, -0.05) is 12.1 Å². The lowest BCUT2D eigenvalue weighted by atomic mass is 10.2. The molecule has 0 spiro atoms. The molecule has 1 aliphatic rings. The van der Waals surface area contributed by atoms with Crippen molar-refractivity contribution in [3.8, 4) is 0 Å². The van der Waals surface area contributed by atoms with Crippen molar-refractivity contribution in [3.63, 3.8) is 0 Å². The van der Waals surface area contributed by atoms with Gasteiger partial charge in [0, 0.05) is 32.4 Å². The first-order valence-electron chi connectivity index (χ1n) is 6.14. The Hall–Kier alpha value is -1.15. The number of nitrogens with two attached hydrogens (primary N) is 1. The number of hydrogen-bond acceptors (Lipinski definition) is 4. The highest BCUT2D eigenvalue weighted by molar-refractivity contribution is 7.86. The molecule has 6 nitrogen and oxygen atoms in total. The topological polar surface area (TPSA) is 75.9 Å². The normalized spacial score (nSPS) is 17.8. The van der Waals surface area contributed by atoms with Gasteiger partial charge in [0.2, 0.25) is 0 Å². The minimum Gasteiger partial charge on any atom is -0.399 e. The van der Waals surface area contributed by atoms with Crippen molar-refractivity contribution in [1.82, 2.24) is 8.61 Å². The van der Waals surface area contributed by atoms with E-state index in [0.29, 0.717) is 38.5 Å². The zero-order valence-corrected chi connectivity index (χ0v) is 11.8. The highest BCUT2D eigenvalue weighted by Gasteiger charge is 2.28. The van der Waals surface area contributed by atoms with Crippen molar-refractivity contribution in [3.05, 3.63) is 29.8 Å². The molecular weight excluding hydrogens is 266 g/mol. The van der Waals surface area contributed by atoms with Gasteiger partial charge in [0.1, 0.15) is 0 Å². The maximum Gasteiger partial charge on any atom is 0.282 e. The van der Waals surface area contributed by atoms with Crippen LogP contribution < -0.4 is 5.73 Å². The van der Waals surface area contributed by atoms with Crippen LogP contribution in [0.3, 0.4) is 0 Å². The van der Waals surface area contributed by atoms with E-state index in [0.717, 1.165) is 5.56 Å². The van der Waals surface area contributed by atoms with Gasteiger partial charge in [-0.3, -0.25) is 0 Å². The van der Waals surface area contributed by atoms with Crippen molar-refractivity contribution in [2.24, 2.45) is 0 Å². The van der Waals surface area contributed by atoms with Gasteiger partial charge >= 0.3 is 0 Å². The summed E-state index contributed by atoms with van der Waals surface area (Å²) in [7, 11) is -1.83. The molecular formula is C12H19N3O3S. The number of hydrogen-bond donors (Lipinski definition) is 1. The lowest BCUT2D eigenvalue weighted by Crippen LogP contribution is -2.47. The van der Waals surface area contributed by atoms with Crippen LogP contribution in [0.5, 0.6) is 0 Å². The van der Waals surface area contributed by atoms with E-state index in [1.54, 1.807) is 19.2 Å². The molecule has 7 heteroatoms. The van der Waals surface area contributed by atoms with Crippen LogP contribution in [0.1, 0.15) is 5.56 Å². The molecule has 0 bridgehead atoms. The third-order valence-corrected chi connectivity index (χ3v) is 5.01. The number of nitrogens with zero attached hydrogens (tertiary/aromatic N) is 2. The van der Waals surface area contributed by atoms with Crippen LogP contribution in [-0.2, 0) is 21.5 Å². The lowest BCUT2D eigenvalue weighted by molar-refractivity contribution is 0.0705. The minimum absolute atomic E-state index is 0.333. The van der Waals surface area contributed by atoms with Crippen LogP contribution in [0.25, 0.3) is 0 Å². The molecule has 0 unspecified atom stereocenters. The van der Waals surface area contributed by atoms with Crippen LogP contribution in [0, 0.1) is 0 Å². The highest BCUT2D eigenvalue weighted by atomic mass is 32.2. The first-order chi connectivity index (χ1) is 9.00. The molecule has 1 heterocycles. The smallest absolute Gasteiger partial charge is 0.282 e. The van der Waals surface area contributed by atoms with E-state index in [9.17, 15) is 8.42 Å². The van der Waals surface area contributed by atoms with Gasteiger partial charge in [-0.2, -0.15) is 17.0 Å². The summed E-state index contributed by atoms with van der Waals surface area (Å²) in [6, 6.07) is 7.20. The predicted molar refractivity (Wildman–Crippen MR) is 73.6 cm³/mol. The Balaban J connectivity index is 2.05. The molecule has 0 saturated carbocycles. The molecule has 1 aromatic carbocycles. The van der Waals surface area contributed by atoms with Gasteiger partial charge in [0.15, 0.2) is 0 Å². The summed E-state index contributed by atoms with van der Waals surface area (Å²) in [6.45, 7) is 2.06. The van der Waals surface area contributed by atoms with Gasteiger partial charge < -0.3 is 10.5 Å². The predicted octanol–water partition coefficient (Wildman–Crippen LogP) is 0.278. The van der Waals surface area contributed by atoms with Gasteiger partial charge in [0.05, 0.1) is 13.2 Å².